The summed E-state index contributed by atoms with van der Waals surface area (Å²) in [6, 6.07) is 5.37. The Kier molecular flexibility index (Phi) is 3.82. The Bertz CT molecular complexity index is 700. The maximum Gasteiger partial charge on any atom is 0.340 e. The average molecular weight is 344 g/mol. The number of allylic oxidation sites excluding steroid dienone is 1. The van der Waals surface area contributed by atoms with E-state index in [1.807, 2.05) is 0 Å². The number of ether oxygens (including phenoxy) is 1. The number of hydrogen-bond acceptors (Lipinski definition) is 4. The van der Waals surface area contributed by atoms with E-state index in [2.05, 4.69) is 20.3 Å². The minimum absolute atomic E-state index is 0.292. The monoisotopic (exact) mass is 343 g/mol. The Morgan fingerprint density at radius 2 is 2.16 bits per heavy atom. The summed E-state index contributed by atoms with van der Waals surface area (Å²) in [6.45, 7) is 3.72. The first-order chi connectivity index (χ1) is 8.88. The molecule has 0 N–H and O–H groups in total. The molecule has 0 fully saturated rings. The van der Waals surface area contributed by atoms with E-state index in [0.717, 1.165) is 0 Å². The van der Waals surface area contributed by atoms with Gasteiger partial charge in [0.15, 0.2) is 0 Å². The van der Waals surface area contributed by atoms with Gasteiger partial charge in [0.05, 0.1) is 32.5 Å². The third-order valence-corrected chi connectivity index (χ3v) is 5.51. The smallest absolute Gasteiger partial charge is 0.340 e. The molecule has 0 aromatic heterocycles. The molecule has 0 saturated carbocycles. The third-order valence-electron chi connectivity index (χ3n) is 2.77. The van der Waals surface area contributed by atoms with Gasteiger partial charge in [-0.15, -0.1) is 0 Å². The first kappa shape index (κ1) is 14.3. The zero-order valence-electron chi connectivity index (χ0n) is 10.9. The second kappa shape index (κ2) is 5.09. The van der Waals surface area contributed by atoms with Crippen molar-refractivity contribution in [1.82, 2.24) is 0 Å². The second-order valence-corrected chi connectivity index (χ2v) is 7.24. The van der Waals surface area contributed by atoms with Gasteiger partial charge >= 0.3 is 5.97 Å². The summed E-state index contributed by atoms with van der Waals surface area (Å²) in [5.74, 6) is -0.432. The summed E-state index contributed by atoms with van der Waals surface area (Å²) in [7, 11) is -2.54. The van der Waals surface area contributed by atoms with Gasteiger partial charge in [-0.1, -0.05) is 12.1 Å². The van der Waals surface area contributed by atoms with Gasteiger partial charge in [-0.25, -0.2) is 9.00 Å². The zero-order valence-corrected chi connectivity index (χ0v) is 13.3. The lowest BCUT2D eigenvalue weighted by Gasteiger charge is -2.20. The third kappa shape index (κ3) is 2.47. The molecule has 0 bridgehead atoms. The van der Waals surface area contributed by atoms with Crippen molar-refractivity contribution < 1.29 is 13.7 Å². The van der Waals surface area contributed by atoms with Crippen molar-refractivity contribution in [1.29, 1.82) is 0 Å². The summed E-state index contributed by atoms with van der Waals surface area (Å²) >= 11 is 3.38. The maximum absolute atomic E-state index is 12.6. The number of fused-ring (bicyclic) bond motifs is 1. The van der Waals surface area contributed by atoms with Crippen LogP contribution in [0.2, 0.25) is 0 Å². The molecule has 1 aliphatic heterocycles. The highest BCUT2D eigenvalue weighted by Gasteiger charge is 2.28. The number of rotatable bonds is 2. The molecule has 1 unspecified atom stereocenters. The molecule has 1 aromatic carbocycles. The van der Waals surface area contributed by atoms with Gasteiger partial charge in [-0.3, -0.25) is 0 Å². The fraction of sp³-hybridized carbons (Fsp3) is 0.308. The van der Waals surface area contributed by atoms with E-state index < -0.39 is 15.7 Å². The lowest BCUT2D eigenvalue weighted by Crippen LogP contribution is -2.16. The molecule has 0 amide bonds. The van der Waals surface area contributed by atoms with Crippen molar-refractivity contribution in [2.45, 2.75) is 18.7 Å². The molecule has 0 spiro atoms. The molecular weight excluding hydrogens is 330 g/mol. The summed E-state index contributed by atoms with van der Waals surface area (Å²) in [5, 5.41) is 0. The molecule has 0 saturated heterocycles. The number of benzene rings is 1. The summed E-state index contributed by atoms with van der Waals surface area (Å²) in [4.78, 5) is 12.6. The van der Waals surface area contributed by atoms with E-state index in [4.69, 9.17) is 4.74 Å². The molecule has 6 heteroatoms. The highest BCUT2D eigenvalue weighted by Crippen LogP contribution is 2.37. The number of halogens is 1. The van der Waals surface area contributed by atoms with Crippen LogP contribution in [0.15, 0.2) is 37.6 Å². The zero-order chi connectivity index (χ0) is 14.2. The average Bonchev–Trinajstić information content (AvgIpc) is 2.27. The summed E-state index contributed by atoms with van der Waals surface area (Å²) in [6.07, 6.45) is 1.57. The molecule has 1 atom stereocenters. The summed E-state index contributed by atoms with van der Waals surface area (Å²) in [5.41, 5.74) is 1.48. The maximum atomic E-state index is 12.6. The molecule has 102 valence electrons. The normalized spacial score (nSPS) is 21.7. The minimum atomic E-state index is -2.54. The van der Waals surface area contributed by atoms with E-state index in [-0.39, 0.29) is 0 Å². The van der Waals surface area contributed by atoms with Crippen LogP contribution in [0.5, 0.6) is 0 Å². The van der Waals surface area contributed by atoms with Crippen LogP contribution in [-0.2, 0) is 19.3 Å². The first-order valence-corrected chi connectivity index (χ1v) is 8.49. The Morgan fingerprint density at radius 1 is 1.47 bits per heavy atom. The lowest BCUT2D eigenvalue weighted by molar-refractivity contribution is -0.136. The van der Waals surface area contributed by atoms with E-state index in [1.165, 1.54) is 0 Å². The van der Waals surface area contributed by atoms with E-state index in [0.29, 0.717) is 32.8 Å². The van der Waals surface area contributed by atoms with Crippen LogP contribution < -0.4 is 0 Å². The minimum Gasteiger partial charge on any atom is -0.462 e. The standard InChI is InChI=1S/C13H14BrNO3S/c1-4-18-13(16)11-8(2)15-19(3,17)12-9(11)6-5-7-10(12)14/h5-7H,4H2,1-3H3. The van der Waals surface area contributed by atoms with E-state index in [1.54, 1.807) is 38.3 Å². The molecule has 0 radical (unpaired) electrons. The van der Waals surface area contributed by atoms with Gasteiger partial charge in [-0.05, 0) is 35.8 Å². The van der Waals surface area contributed by atoms with Gasteiger partial charge in [0.1, 0.15) is 0 Å². The molecule has 0 aliphatic carbocycles. The van der Waals surface area contributed by atoms with Gasteiger partial charge < -0.3 is 4.74 Å². The first-order valence-electron chi connectivity index (χ1n) is 5.77. The lowest BCUT2D eigenvalue weighted by atomic mass is 10.0. The molecule has 4 nitrogen and oxygen atoms in total. The van der Waals surface area contributed by atoms with Gasteiger partial charge in [0, 0.05) is 16.3 Å². The van der Waals surface area contributed by atoms with E-state index in [9.17, 15) is 9.00 Å². The number of carbonyl (C=O) groups is 1. The fourth-order valence-corrected chi connectivity index (χ4v) is 5.08. The van der Waals surface area contributed by atoms with Crippen LogP contribution in [0.3, 0.4) is 0 Å². The van der Waals surface area contributed by atoms with Crippen LogP contribution in [0.1, 0.15) is 19.4 Å². The Labute approximate surface area is 121 Å². The van der Waals surface area contributed by atoms with Gasteiger partial charge in [0.25, 0.3) is 0 Å². The van der Waals surface area contributed by atoms with Crippen molar-refractivity contribution in [3.05, 3.63) is 33.9 Å². The van der Waals surface area contributed by atoms with Crippen molar-refractivity contribution >= 4 is 37.2 Å². The predicted molar refractivity (Wildman–Crippen MR) is 78.1 cm³/mol. The number of carbonyl (C=O) groups excluding carboxylic acids is 1. The van der Waals surface area contributed by atoms with Crippen LogP contribution in [-0.4, -0.2) is 23.0 Å². The Morgan fingerprint density at radius 3 is 2.79 bits per heavy atom. The van der Waals surface area contributed by atoms with E-state index >= 15 is 0 Å². The number of esters is 1. The van der Waals surface area contributed by atoms with Crippen LogP contribution in [0.25, 0.3) is 5.57 Å². The van der Waals surface area contributed by atoms with Crippen LogP contribution in [0, 0.1) is 0 Å². The largest absolute Gasteiger partial charge is 0.462 e. The van der Waals surface area contributed by atoms with Crippen molar-refractivity contribution in [3.63, 3.8) is 0 Å². The molecule has 1 aliphatic rings. The SMILES string of the molecule is CCOC(=O)C1=C(C)N=S(C)(=O)c2c(Br)cccc21. The van der Waals surface area contributed by atoms with Gasteiger partial charge in [-0.2, -0.15) is 4.36 Å². The second-order valence-electron chi connectivity index (χ2n) is 4.19. The van der Waals surface area contributed by atoms with Crippen LogP contribution in [0.4, 0.5) is 0 Å². The van der Waals surface area contributed by atoms with Gasteiger partial charge in [0.2, 0.25) is 0 Å². The van der Waals surface area contributed by atoms with Crippen molar-refractivity contribution in [2.24, 2.45) is 4.36 Å². The molecule has 1 heterocycles. The Hall–Kier alpha value is -1.14. The fourth-order valence-electron chi connectivity index (χ4n) is 2.10. The predicted octanol–water partition coefficient (Wildman–Crippen LogP) is 3.21. The highest BCUT2D eigenvalue weighted by atomic mass is 79.9. The number of hydrogen-bond donors (Lipinski definition) is 0. The molecule has 2 rings (SSSR count). The topological polar surface area (TPSA) is 55.7 Å². The Balaban J connectivity index is 2.78. The molecule has 19 heavy (non-hydrogen) atoms. The van der Waals surface area contributed by atoms with Crippen LogP contribution >= 0.6 is 15.9 Å². The van der Waals surface area contributed by atoms with Crippen molar-refractivity contribution in [3.8, 4) is 0 Å². The van der Waals surface area contributed by atoms with Crippen molar-refractivity contribution in [2.75, 3.05) is 12.9 Å². The molecular formula is C13H14BrNO3S. The number of nitrogens with zero attached hydrogens (tertiary/aromatic N) is 1. The summed E-state index contributed by atoms with van der Waals surface area (Å²) < 4.78 is 22.5. The quantitative estimate of drug-likeness (QED) is 0.774. The molecule has 1 aromatic rings. The highest BCUT2D eigenvalue weighted by molar-refractivity contribution is 9.10.